The molecule has 0 aliphatic rings. The van der Waals surface area contributed by atoms with Gasteiger partial charge in [-0.15, -0.1) is 23.1 Å². The first-order chi connectivity index (χ1) is 10.3. The monoisotopic (exact) mass is 323 g/mol. The van der Waals surface area contributed by atoms with Crippen LogP contribution < -0.4 is 5.32 Å². The van der Waals surface area contributed by atoms with Gasteiger partial charge in [-0.25, -0.2) is 0 Å². The van der Waals surface area contributed by atoms with Crippen LogP contribution in [0.25, 0.3) is 0 Å². The molecule has 5 heteroatoms. The van der Waals surface area contributed by atoms with Crippen LogP contribution >= 0.6 is 23.1 Å². The first-order valence-electron chi connectivity index (χ1n) is 7.01. The molecule has 1 aromatic heterocycles. The van der Waals surface area contributed by atoms with Crippen LogP contribution in [0, 0.1) is 0 Å². The molecule has 3 nitrogen and oxygen atoms in total. The van der Waals surface area contributed by atoms with Crippen LogP contribution in [0.5, 0.6) is 0 Å². The van der Waals surface area contributed by atoms with E-state index in [1.807, 2.05) is 47.5 Å². The molecule has 0 fully saturated rings. The molecule has 1 heterocycles. The molecule has 1 unspecified atom stereocenters. The zero-order valence-corrected chi connectivity index (χ0v) is 13.5. The van der Waals surface area contributed by atoms with Gasteiger partial charge in [0.15, 0.2) is 0 Å². The molecule has 2 rings (SSSR count). The van der Waals surface area contributed by atoms with Crippen molar-refractivity contribution in [3.63, 3.8) is 0 Å². The van der Waals surface area contributed by atoms with Gasteiger partial charge in [-0.05, 0) is 23.6 Å². The minimum Gasteiger partial charge on any atom is -0.389 e. The number of aliphatic hydroxyl groups excluding tert-OH is 1. The maximum Gasteiger partial charge on any atom is 0.0897 e. The summed E-state index contributed by atoms with van der Waals surface area (Å²) in [6, 6.07) is 14.4. The normalized spacial score (nSPS) is 12.4. The van der Waals surface area contributed by atoms with Crippen LogP contribution in [0.15, 0.2) is 52.7 Å². The van der Waals surface area contributed by atoms with E-state index in [0.717, 1.165) is 12.3 Å². The number of rotatable bonds is 10. The van der Waals surface area contributed by atoms with Crippen molar-refractivity contribution < 1.29 is 9.84 Å². The molecule has 21 heavy (non-hydrogen) atoms. The second-order valence-corrected chi connectivity index (χ2v) is 6.81. The van der Waals surface area contributed by atoms with Gasteiger partial charge in [-0.3, -0.25) is 0 Å². The molecule has 1 atom stereocenters. The second-order valence-electron chi connectivity index (χ2n) is 4.61. The Morgan fingerprint density at radius 1 is 1.19 bits per heavy atom. The molecule has 0 amide bonds. The summed E-state index contributed by atoms with van der Waals surface area (Å²) < 4.78 is 5.48. The predicted octanol–water partition coefficient (Wildman–Crippen LogP) is 3.01. The van der Waals surface area contributed by atoms with Gasteiger partial charge >= 0.3 is 0 Å². The Balaban J connectivity index is 1.46. The summed E-state index contributed by atoms with van der Waals surface area (Å²) in [6.45, 7) is 2.40. The lowest BCUT2D eigenvalue weighted by molar-refractivity contribution is 0.0301. The fourth-order valence-electron chi connectivity index (χ4n) is 1.78. The van der Waals surface area contributed by atoms with Crippen molar-refractivity contribution in [1.82, 2.24) is 5.32 Å². The van der Waals surface area contributed by atoms with E-state index in [9.17, 15) is 5.11 Å². The van der Waals surface area contributed by atoms with E-state index in [0.29, 0.717) is 19.8 Å². The van der Waals surface area contributed by atoms with E-state index < -0.39 is 6.10 Å². The highest BCUT2D eigenvalue weighted by molar-refractivity contribution is 7.99. The van der Waals surface area contributed by atoms with Gasteiger partial charge in [-0.2, -0.15) is 0 Å². The first kappa shape index (κ1) is 16.5. The summed E-state index contributed by atoms with van der Waals surface area (Å²) in [5, 5.41) is 15.1. The number of aliphatic hydroxyl groups is 1. The van der Waals surface area contributed by atoms with E-state index in [-0.39, 0.29) is 0 Å². The molecule has 0 radical (unpaired) electrons. The van der Waals surface area contributed by atoms with E-state index >= 15 is 0 Å². The summed E-state index contributed by atoms with van der Waals surface area (Å²) in [4.78, 5) is 2.47. The third-order valence-electron chi connectivity index (χ3n) is 2.81. The van der Waals surface area contributed by atoms with E-state index in [1.54, 1.807) is 11.3 Å². The van der Waals surface area contributed by atoms with Crippen LogP contribution in [0.4, 0.5) is 0 Å². The third-order valence-corrected chi connectivity index (χ3v) is 4.67. The van der Waals surface area contributed by atoms with Crippen molar-refractivity contribution in [3.05, 3.63) is 52.7 Å². The predicted molar refractivity (Wildman–Crippen MR) is 90.0 cm³/mol. The molecule has 2 aromatic rings. The van der Waals surface area contributed by atoms with Gasteiger partial charge < -0.3 is 15.2 Å². The number of thiophene rings is 1. The fraction of sp³-hybridized carbons (Fsp3) is 0.375. The molecular weight excluding hydrogens is 302 g/mol. The average Bonchev–Trinajstić information content (AvgIpc) is 3.01. The highest BCUT2D eigenvalue weighted by Crippen LogP contribution is 2.15. The Kier molecular flexibility index (Phi) is 7.85. The Labute approximate surface area is 134 Å². The van der Waals surface area contributed by atoms with Crippen molar-refractivity contribution in [1.29, 1.82) is 0 Å². The maximum absolute atomic E-state index is 9.80. The van der Waals surface area contributed by atoms with E-state index in [4.69, 9.17) is 4.74 Å². The Hall–Kier alpha value is -0.850. The van der Waals surface area contributed by atoms with Crippen molar-refractivity contribution in [2.45, 2.75) is 17.6 Å². The summed E-state index contributed by atoms with van der Waals surface area (Å²) in [6.07, 6.45) is -0.452. The molecule has 1 aromatic carbocycles. The first-order valence-corrected chi connectivity index (χ1v) is 8.88. The molecular formula is C16H21NO2S2. The number of thioether (sulfide) groups is 1. The molecule has 0 bridgehead atoms. The second kappa shape index (κ2) is 9.97. The number of ether oxygens (including phenoxy) is 1. The molecule has 0 aliphatic heterocycles. The van der Waals surface area contributed by atoms with Crippen molar-refractivity contribution in [2.75, 3.05) is 25.4 Å². The molecule has 0 spiro atoms. The minimum atomic E-state index is -0.452. The summed E-state index contributed by atoms with van der Waals surface area (Å²) >= 11 is 3.49. The van der Waals surface area contributed by atoms with Gasteiger partial charge in [-0.1, -0.05) is 24.3 Å². The zero-order chi connectivity index (χ0) is 14.8. The highest BCUT2D eigenvalue weighted by atomic mass is 32.2. The highest BCUT2D eigenvalue weighted by Gasteiger charge is 2.04. The standard InChI is InChI=1S/C16H21NO2S2/c18-14(12-19-13-16-7-4-9-20-16)11-17-8-10-21-15-5-2-1-3-6-15/h1-7,9,14,17-18H,8,10-13H2. The lowest BCUT2D eigenvalue weighted by Gasteiger charge is -2.12. The van der Waals surface area contributed by atoms with Crippen molar-refractivity contribution in [2.24, 2.45) is 0 Å². The largest absolute Gasteiger partial charge is 0.389 e. The number of hydrogen-bond donors (Lipinski definition) is 2. The Morgan fingerprint density at radius 2 is 2.05 bits per heavy atom. The molecule has 0 saturated carbocycles. The number of nitrogens with one attached hydrogen (secondary N) is 1. The van der Waals surface area contributed by atoms with Gasteiger partial charge in [0.1, 0.15) is 0 Å². The third kappa shape index (κ3) is 7.11. The van der Waals surface area contributed by atoms with Gasteiger partial charge in [0.05, 0.1) is 19.3 Å². The maximum atomic E-state index is 9.80. The van der Waals surface area contributed by atoms with Crippen LogP contribution in [0.3, 0.4) is 0 Å². The van der Waals surface area contributed by atoms with E-state index in [2.05, 4.69) is 17.4 Å². The summed E-state index contributed by atoms with van der Waals surface area (Å²) in [7, 11) is 0. The molecule has 0 saturated heterocycles. The molecule has 2 N–H and O–H groups in total. The number of benzene rings is 1. The molecule has 114 valence electrons. The SMILES string of the molecule is OC(CNCCSc1ccccc1)COCc1cccs1. The van der Waals surface area contributed by atoms with Crippen LogP contribution in [0.1, 0.15) is 4.88 Å². The van der Waals surface area contributed by atoms with Crippen LogP contribution in [0.2, 0.25) is 0 Å². The average molecular weight is 323 g/mol. The lowest BCUT2D eigenvalue weighted by Crippen LogP contribution is -2.31. The van der Waals surface area contributed by atoms with E-state index in [1.165, 1.54) is 9.77 Å². The van der Waals surface area contributed by atoms with Crippen LogP contribution in [-0.2, 0) is 11.3 Å². The summed E-state index contributed by atoms with van der Waals surface area (Å²) in [5.41, 5.74) is 0. The lowest BCUT2D eigenvalue weighted by atomic mass is 10.4. The summed E-state index contributed by atoms with van der Waals surface area (Å²) in [5.74, 6) is 0.993. The topological polar surface area (TPSA) is 41.5 Å². The minimum absolute atomic E-state index is 0.372. The number of hydrogen-bond acceptors (Lipinski definition) is 5. The van der Waals surface area contributed by atoms with Crippen LogP contribution in [-0.4, -0.2) is 36.7 Å². The van der Waals surface area contributed by atoms with Crippen molar-refractivity contribution in [3.8, 4) is 0 Å². The molecule has 0 aliphatic carbocycles. The quantitative estimate of drug-likeness (QED) is 0.521. The van der Waals surface area contributed by atoms with Gasteiger partial charge in [0.2, 0.25) is 0 Å². The van der Waals surface area contributed by atoms with Gasteiger partial charge in [0.25, 0.3) is 0 Å². The smallest absolute Gasteiger partial charge is 0.0897 e. The Morgan fingerprint density at radius 3 is 2.81 bits per heavy atom. The fourth-order valence-corrected chi connectivity index (χ4v) is 3.25. The zero-order valence-electron chi connectivity index (χ0n) is 11.9. The van der Waals surface area contributed by atoms with Gasteiger partial charge in [0, 0.05) is 28.6 Å². The Bertz CT molecular complexity index is 476. The van der Waals surface area contributed by atoms with Crippen molar-refractivity contribution >= 4 is 23.1 Å².